The molecule has 0 amide bonds. The van der Waals surface area contributed by atoms with Gasteiger partial charge in [-0.15, -0.1) is 0 Å². The van der Waals surface area contributed by atoms with Crippen molar-refractivity contribution in [3.8, 4) is 0 Å². The maximum atomic E-state index is 8.74. The van der Waals surface area contributed by atoms with Crippen molar-refractivity contribution in [1.82, 2.24) is 0 Å². The van der Waals surface area contributed by atoms with Crippen molar-refractivity contribution in [1.29, 1.82) is 0 Å². The molecule has 0 aromatic carbocycles. The average molecular weight is 556 g/mol. The van der Waals surface area contributed by atoms with E-state index >= 15 is 0 Å². The van der Waals surface area contributed by atoms with Crippen molar-refractivity contribution in [2.24, 2.45) is 0 Å². The van der Waals surface area contributed by atoms with Gasteiger partial charge in [0, 0.05) is 19.5 Å². The van der Waals surface area contributed by atoms with Crippen LogP contribution in [0.15, 0.2) is 0 Å². The van der Waals surface area contributed by atoms with Gasteiger partial charge >= 0.3 is 52.0 Å². The van der Waals surface area contributed by atoms with Gasteiger partial charge in [-0.1, -0.05) is 0 Å². The van der Waals surface area contributed by atoms with Gasteiger partial charge in [0.05, 0.1) is 0 Å². The molecule has 0 heterocycles. The van der Waals surface area contributed by atoms with Crippen LogP contribution in [0.5, 0.6) is 0 Å². The zero-order chi connectivity index (χ0) is 22.5. The first-order valence-corrected chi connectivity index (χ1v) is 10.5. The van der Waals surface area contributed by atoms with Gasteiger partial charge in [-0.25, -0.2) is 0 Å². The van der Waals surface area contributed by atoms with E-state index in [1.54, 1.807) is 0 Å². The summed E-state index contributed by atoms with van der Waals surface area (Å²) in [7, 11) is -23.3. The number of hydrogen-bond donors (Lipinski definition) is 10. The molecule has 0 unspecified atom stereocenters. The molecule has 0 aromatic rings. The Morgan fingerprint density at radius 1 is 0.269 bits per heavy atom. The molecule has 0 radical (unpaired) electrons. The fraction of sp³-hybridized carbons (Fsp3) is 0. The largest absolute Gasteiger partial charge is 0.394 e. The second-order valence-electron chi connectivity index (χ2n) is 2.24. The second-order valence-corrected chi connectivity index (χ2v) is 6.72. The first-order valence-electron chi connectivity index (χ1n) is 3.49. The summed E-state index contributed by atoms with van der Waals surface area (Å²) in [5, 5.41) is 0. The van der Waals surface area contributed by atoms with Crippen LogP contribution < -0.4 is 0 Å². The molecule has 0 aromatic heterocycles. The quantitative estimate of drug-likeness (QED) is 0.103. The van der Waals surface area contributed by atoms with Crippen molar-refractivity contribution in [2.45, 2.75) is 0 Å². The predicted octanol–water partition coefficient (Wildman–Crippen LogP) is -3.27. The van der Waals surface area contributed by atoms with Crippen LogP contribution in [0.2, 0.25) is 0 Å². The van der Waals surface area contributed by atoms with Crippen LogP contribution in [0.1, 0.15) is 0 Å². The molecule has 0 fully saturated rings. The van der Waals surface area contributed by atoms with Crippen molar-refractivity contribution in [2.75, 3.05) is 0 Å². The van der Waals surface area contributed by atoms with Crippen LogP contribution in [0.3, 0.4) is 0 Å². The Bertz CT molecular complexity index is 614. The minimum atomic E-state index is -4.67. The van der Waals surface area contributed by atoms with E-state index in [4.69, 9.17) is 87.6 Å². The third-order valence-corrected chi connectivity index (χ3v) is 0. The van der Waals surface area contributed by atoms with E-state index in [2.05, 4.69) is 0 Å². The summed E-state index contributed by atoms with van der Waals surface area (Å²) in [5.41, 5.74) is 0. The van der Waals surface area contributed by atoms with Crippen LogP contribution >= 0.6 is 0 Å². The van der Waals surface area contributed by atoms with Crippen LogP contribution in [0, 0.1) is 0 Å². The first kappa shape index (κ1) is 40.6. The van der Waals surface area contributed by atoms with Gasteiger partial charge in [-0.05, 0) is 0 Å². The van der Waals surface area contributed by atoms with Crippen LogP contribution in [-0.2, 0) is 71.5 Å². The zero-order valence-corrected chi connectivity index (χ0v) is 18.4. The molecule has 0 saturated heterocycles. The van der Waals surface area contributed by atoms with Crippen LogP contribution in [-0.4, -0.2) is 87.6 Å². The van der Waals surface area contributed by atoms with Crippen molar-refractivity contribution in [3.63, 3.8) is 0 Å². The monoisotopic (exact) mass is 554 g/mol. The minimum absolute atomic E-state index is 0. The molecular weight excluding hydrogens is 546 g/mol. The van der Waals surface area contributed by atoms with Gasteiger partial charge in [0.1, 0.15) is 0 Å². The number of rotatable bonds is 0. The zero-order valence-electron chi connectivity index (χ0n) is 11.3. The van der Waals surface area contributed by atoms with E-state index in [1.807, 2.05) is 0 Å². The van der Waals surface area contributed by atoms with Gasteiger partial charge in [0.15, 0.2) is 0 Å². The molecule has 0 aliphatic heterocycles. The molecule has 0 atom stereocenters. The third-order valence-electron chi connectivity index (χ3n) is 0. The Hall–Kier alpha value is -0.0266. The summed E-state index contributed by atoms with van der Waals surface area (Å²) in [6.07, 6.45) is 0. The van der Waals surface area contributed by atoms with Gasteiger partial charge in [0.25, 0.3) is 0 Å². The van der Waals surface area contributed by atoms with E-state index in [1.165, 1.54) is 0 Å². The Labute approximate surface area is 158 Å². The van der Waals surface area contributed by atoms with Gasteiger partial charge in [-0.3, -0.25) is 45.5 Å². The third kappa shape index (κ3) is 17900000. The van der Waals surface area contributed by atoms with E-state index in [-0.39, 0.29) is 19.5 Å². The molecule has 0 saturated carbocycles. The summed E-state index contributed by atoms with van der Waals surface area (Å²) >= 11 is 0. The molecule has 20 nitrogen and oxygen atoms in total. The van der Waals surface area contributed by atoms with Gasteiger partial charge in [0.2, 0.25) is 0 Å². The molecule has 0 aliphatic rings. The maximum Gasteiger partial charge on any atom is 0.394 e. The molecule has 26 heteroatoms. The molecule has 162 valence electrons. The van der Waals surface area contributed by atoms with Gasteiger partial charge in [-0.2, -0.15) is 42.1 Å². The smallest absolute Gasteiger partial charge is 0.264 e. The summed E-state index contributed by atoms with van der Waals surface area (Å²) in [4.78, 5) is 0. The summed E-state index contributed by atoms with van der Waals surface area (Å²) in [6.45, 7) is 0. The molecule has 0 aliphatic carbocycles. The van der Waals surface area contributed by atoms with Crippen molar-refractivity contribution in [3.05, 3.63) is 0 Å². The Morgan fingerprint density at radius 2 is 0.269 bits per heavy atom. The first-order chi connectivity index (χ1) is 10.0. The fourth-order valence-corrected chi connectivity index (χ4v) is 0. The molecule has 26 heavy (non-hydrogen) atoms. The average Bonchev–Trinajstić information content (AvgIpc) is 1.79. The second kappa shape index (κ2) is 16.0. The number of hydrogen-bond acceptors (Lipinski definition) is 10. The normalized spacial score (nSPS) is 11.2. The standard InChI is InChI=1S/5H2O4S.Zn/c5*1-5(2,3)4;/h5*(H2,1,2,3,4);. The van der Waals surface area contributed by atoms with E-state index in [0.717, 1.165) is 0 Å². The summed E-state index contributed by atoms with van der Waals surface area (Å²) in [5.74, 6) is 0. The predicted molar refractivity (Wildman–Crippen MR) is 70.9 cm³/mol. The summed E-state index contributed by atoms with van der Waals surface area (Å²) < 4.78 is 158. The van der Waals surface area contributed by atoms with Crippen LogP contribution in [0.4, 0.5) is 0 Å². The molecule has 0 spiro atoms. The van der Waals surface area contributed by atoms with E-state index < -0.39 is 52.0 Å². The molecule has 0 bridgehead atoms. The van der Waals surface area contributed by atoms with E-state index in [0.29, 0.717) is 0 Å². The molecular formula is H10O20S5Zn. The topological polar surface area (TPSA) is 373 Å². The molecule has 10 N–H and O–H groups in total. The van der Waals surface area contributed by atoms with Gasteiger partial charge < -0.3 is 0 Å². The van der Waals surface area contributed by atoms with Crippen molar-refractivity contribution >= 4 is 52.0 Å². The minimum Gasteiger partial charge on any atom is -0.264 e. The Kier molecular flexibility index (Phi) is 25.0. The molecule has 0 rings (SSSR count). The summed E-state index contributed by atoms with van der Waals surface area (Å²) in [6, 6.07) is 0. The van der Waals surface area contributed by atoms with Crippen LogP contribution in [0.25, 0.3) is 0 Å². The van der Waals surface area contributed by atoms with E-state index in [9.17, 15) is 0 Å². The maximum absolute atomic E-state index is 8.74. The Morgan fingerprint density at radius 3 is 0.269 bits per heavy atom. The Balaban J connectivity index is -0.0000000476. The SMILES string of the molecule is O=S(=O)(O)O.O=S(=O)(O)O.O=S(=O)(O)O.O=S(=O)(O)O.O=S(=O)(O)O.[Zn]. The fourth-order valence-electron chi connectivity index (χ4n) is 0. The van der Waals surface area contributed by atoms with Crippen molar-refractivity contribution < 1.29 is 107 Å².